The first-order chi connectivity index (χ1) is 18.9. The second kappa shape index (κ2) is 11.4. The first-order valence-corrected chi connectivity index (χ1v) is 12.5. The summed E-state index contributed by atoms with van der Waals surface area (Å²) < 4.78 is 49.5. The predicted molar refractivity (Wildman–Crippen MR) is 145 cm³/mol. The van der Waals surface area contributed by atoms with Crippen LogP contribution in [0.25, 0.3) is 0 Å². The Hall–Kier alpha value is -4.34. The van der Waals surface area contributed by atoms with Gasteiger partial charge in [0.25, 0.3) is 11.8 Å². The number of aryl methyl sites for hydroxylation is 2. The average Bonchev–Trinajstić information content (AvgIpc) is 3.39. The molecule has 1 aliphatic heterocycles. The molecule has 0 unspecified atom stereocenters. The Morgan fingerprint density at radius 1 is 0.950 bits per heavy atom. The van der Waals surface area contributed by atoms with Gasteiger partial charge in [-0.25, -0.2) is 5.01 Å². The molecule has 7 nitrogen and oxygen atoms in total. The van der Waals surface area contributed by atoms with Gasteiger partial charge in [0.1, 0.15) is 6.54 Å². The van der Waals surface area contributed by atoms with Gasteiger partial charge in [0.2, 0.25) is 0 Å². The van der Waals surface area contributed by atoms with Crippen molar-refractivity contribution in [3.63, 3.8) is 0 Å². The topological polar surface area (TPSA) is 71.4 Å². The van der Waals surface area contributed by atoms with Crippen LogP contribution in [-0.4, -0.2) is 55.2 Å². The number of hydrogen-bond donors (Lipinski definition) is 0. The van der Waals surface area contributed by atoms with E-state index >= 15 is 0 Å². The number of nitrogens with zero attached hydrogens (tertiary/aromatic N) is 3. The van der Waals surface area contributed by atoms with Gasteiger partial charge >= 0.3 is 6.18 Å². The van der Waals surface area contributed by atoms with Crippen LogP contribution in [0.2, 0.25) is 0 Å². The van der Waals surface area contributed by atoms with Gasteiger partial charge in [-0.15, -0.1) is 0 Å². The highest BCUT2D eigenvalue weighted by Gasteiger charge is 2.35. The molecular formula is C30H30F3N3O4. The maximum Gasteiger partial charge on any atom is 0.416 e. The molecule has 3 aromatic carbocycles. The Bertz CT molecular complexity index is 1450. The van der Waals surface area contributed by atoms with E-state index in [1.165, 1.54) is 31.2 Å². The number of likely N-dealkylation sites (N-methyl/N-ethyl adjacent to an activating group) is 1. The van der Waals surface area contributed by atoms with E-state index in [2.05, 4.69) is 5.10 Å². The Kier molecular flexibility index (Phi) is 8.18. The molecule has 0 fully saturated rings. The van der Waals surface area contributed by atoms with Crippen LogP contribution in [0, 0.1) is 13.8 Å². The van der Waals surface area contributed by atoms with Crippen LogP contribution in [0.15, 0.2) is 65.8 Å². The molecule has 10 heteroatoms. The van der Waals surface area contributed by atoms with Crippen LogP contribution < -0.4 is 9.47 Å². The minimum Gasteiger partial charge on any atom is -0.493 e. The standard InChI is InChI=1S/C30H30F3N3O4/c1-18-6-7-21(14-19(18)2)24-16-25(22-10-13-26(39-4)27(15-22)40-5)36(34-24)28(37)17-35(3)29(38)20-8-11-23(12-9-20)30(31,32)33/h6-15,25H,16-17H2,1-5H3/t25-/m0/s1. The van der Waals surface area contributed by atoms with E-state index in [0.29, 0.717) is 23.6 Å². The average molecular weight is 554 g/mol. The number of hydrogen-bond acceptors (Lipinski definition) is 5. The number of rotatable bonds is 7. The van der Waals surface area contributed by atoms with E-state index in [1.54, 1.807) is 12.1 Å². The molecule has 4 rings (SSSR count). The summed E-state index contributed by atoms with van der Waals surface area (Å²) in [5, 5.41) is 6.04. The van der Waals surface area contributed by atoms with E-state index in [9.17, 15) is 22.8 Å². The molecule has 210 valence electrons. The molecule has 0 saturated carbocycles. The molecule has 0 saturated heterocycles. The molecular weight excluding hydrogens is 523 g/mol. The number of methoxy groups -OCH3 is 2. The molecule has 1 heterocycles. The molecule has 40 heavy (non-hydrogen) atoms. The molecule has 0 aromatic heterocycles. The van der Waals surface area contributed by atoms with Crippen molar-refractivity contribution < 1.29 is 32.2 Å². The quantitative estimate of drug-likeness (QED) is 0.372. The molecule has 1 aliphatic rings. The summed E-state index contributed by atoms with van der Waals surface area (Å²) in [5.41, 5.74) is 3.78. The number of amides is 2. The summed E-state index contributed by atoms with van der Waals surface area (Å²) in [5.74, 6) is 0.0182. The van der Waals surface area contributed by atoms with Crippen molar-refractivity contribution in [1.29, 1.82) is 0 Å². The number of carbonyl (C=O) groups excluding carboxylic acids is 2. The lowest BCUT2D eigenvalue weighted by molar-refractivity contribution is -0.137. The highest BCUT2D eigenvalue weighted by atomic mass is 19.4. The first-order valence-electron chi connectivity index (χ1n) is 12.5. The summed E-state index contributed by atoms with van der Waals surface area (Å²) in [6, 6.07) is 14.8. The van der Waals surface area contributed by atoms with Gasteiger partial charge in [-0.2, -0.15) is 18.3 Å². The van der Waals surface area contributed by atoms with Gasteiger partial charge in [0.05, 0.1) is 31.5 Å². The molecule has 3 aromatic rings. The van der Waals surface area contributed by atoms with Crippen LogP contribution in [0.5, 0.6) is 11.5 Å². The van der Waals surface area contributed by atoms with Gasteiger partial charge in [-0.1, -0.05) is 18.2 Å². The van der Waals surface area contributed by atoms with Crippen LogP contribution in [-0.2, 0) is 11.0 Å². The first kappa shape index (κ1) is 28.7. The minimum absolute atomic E-state index is 0.0421. The molecule has 2 amide bonds. The fraction of sp³-hybridized carbons (Fsp3) is 0.300. The van der Waals surface area contributed by atoms with Crippen molar-refractivity contribution in [2.45, 2.75) is 32.5 Å². The maximum atomic E-state index is 13.6. The smallest absolute Gasteiger partial charge is 0.416 e. The number of halogens is 3. The van der Waals surface area contributed by atoms with E-state index < -0.39 is 29.6 Å². The molecule has 0 N–H and O–H groups in total. The molecule has 0 radical (unpaired) electrons. The number of carbonyl (C=O) groups is 2. The summed E-state index contributed by atoms with van der Waals surface area (Å²) in [6.07, 6.45) is -4.08. The summed E-state index contributed by atoms with van der Waals surface area (Å²) in [6.45, 7) is 3.69. The molecule has 0 spiro atoms. The number of alkyl halides is 3. The van der Waals surface area contributed by atoms with Crippen molar-refractivity contribution in [3.05, 3.63) is 94.0 Å². The third-order valence-electron chi connectivity index (χ3n) is 6.98. The van der Waals surface area contributed by atoms with Gasteiger partial charge in [-0.3, -0.25) is 9.59 Å². The third-order valence-corrected chi connectivity index (χ3v) is 6.98. The predicted octanol–water partition coefficient (Wildman–Crippen LogP) is 5.79. The SMILES string of the molecule is COc1ccc([C@@H]2CC(c3ccc(C)c(C)c3)=NN2C(=O)CN(C)C(=O)c2ccc(C(F)(F)F)cc2)cc1OC. The van der Waals surface area contributed by atoms with E-state index in [4.69, 9.17) is 9.47 Å². The van der Waals surface area contributed by atoms with Gasteiger partial charge in [0.15, 0.2) is 11.5 Å². The second-order valence-electron chi connectivity index (χ2n) is 9.65. The number of benzene rings is 3. The normalized spacial score (nSPS) is 15.1. The van der Waals surface area contributed by atoms with Crippen molar-refractivity contribution in [3.8, 4) is 11.5 Å². The summed E-state index contributed by atoms with van der Waals surface area (Å²) >= 11 is 0. The molecule has 0 bridgehead atoms. The van der Waals surface area contributed by atoms with Gasteiger partial charge in [-0.05, 0) is 78.6 Å². The maximum absolute atomic E-state index is 13.6. The molecule has 0 aliphatic carbocycles. The lowest BCUT2D eigenvalue weighted by Gasteiger charge is -2.25. The zero-order valence-electron chi connectivity index (χ0n) is 22.9. The van der Waals surface area contributed by atoms with Crippen molar-refractivity contribution in [2.24, 2.45) is 5.10 Å². The Morgan fingerprint density at radius 2 is 1.62 bits per heavy atom. The van der Waals surface area contributed by atoms with E-state index in [-0.39, 0.29) is 12.1 Å². The Balaban J connectivity index is 1.61. The Morgan fingerprint density at radius 3 is 2.23 bits per heavy atom. The van der Waals surface area contributed by atoms with Crippen molar-refractivity contribution in [2.75, 3.05) is 27.8 Å². The number of hydrazone groups is 1. The minimum atomic E-state index is -4.51. The Labute approximate surface area is 230 Å². The van der Waals surface area contributed by atoms with E-state index in [1.807, 2.05) is 38.1 Å². The fourth-order valence-electron chi connectivity index (χ4n) is 4.52. The van der Waals surface area contributed by atoms with Gasteiger partial charge in [0, 0.05) is 19.0 Å². The lowest BCUT2D eigenvalue weighted by atomic mass is 9.96. The van der Waals surface area contributed by atoms with Crippen molar-refractivity contribution in [1.82, 2.24) is 9.91 Å². The van der Waals surface area contributed by atoms with Crippen LogP contribution in [0.3, 0.4) is 0 Å². The summed E-state index contributed by atoms with van der Waals surface area (Å²) in [4.78, 5) is 27.6. The third kappa shape index (κ3) is 5.95. The van der Waals surface area contributed by atoms with E-state index in [0.717, 1.165) is 46.5 Å². The zero-order chi connectivity index (χ0) is 29.2. The lowest BCUT2D eigenvalue weighted by Crippen LogP contribution is -2.39. The van der Waals surface area contributed by atoms with Crippen LogP contribution >= 0.6 is 0 Å². The summed E-state index contributed by atoms with van der Waals surface area (Å²) in [7, 11) is 4.48. The largest absolute Gasteiger partial charge is 0.493 e. The monoisotopic (exact) mass is 553 g/mol. The fourth-order valence-corrected chi connectivity index (χ4v) is 4.52. The van der Waals surface area contributed by atoms with Gasteiger partial charge < -0.3 is 14.4 Å². The highest BCUT2D eigenvalue weighted by Crippen LogP contribution is 2.37. The zero-order valence-corrected chi connectivity index (χ0v) is 22.9. The molecule has 1 atom stereocenters. The highest BCUT2D eigenvalue weighted by molar-refractivity contribution is 6.04. The number of ether oxygens (including phenoxy) is 2. The van der Waals surface area contributed by atoms with Crippen molar-refractivity contribution >= 4 is 17.5 Å². The van der Waals surface area contributed by atoms with Crippen LogP contribution in [0.4, 0.5) is 13.2 Å². The van der Waals surface area contributed by atoms with Crippen LogP contribution in [0.1, 0.15) is 50.6 Å². The second-order valence-corrected chi connectivity index (χ2v) is 9.65.